The highest BCUT2D eigenvalue weighted by atomic mass is 79.9. The number of thioether (sulfide) groups is 1. The summed E-state index contributed by atoms with van der Waals surface area (Å²) in [4.78, 5) is 0. The molecule has 1 aromatic carbocycles. The van der Waals surface area contributed by atoms with Crippen LogP contribution in [0.3, 0.4) is 0 Å². The van der Waals surface area contributed by atoms with Gasteiger partial charge in [0.1, 0.15) is 0 Å². The Kier molecular flexibility index (Phi) is 6.89. The normalized spacial score (nSPS) is 12.3. The smallest absolute Gasteiger partial charge is 0.174 e. The zero-order valence-electron chi connectivity index (χ0n) is 11.2. The van der Waals surface area contributed by atoms with E-state index in [1.54, 1.807) is 14.2 Å². The highest BCUT2D eigenvalue weighted by Gasteiger charge is 2.10. The van der Waals surface area contributed by atoms with Crippen LogP contribution in [0.25, 0.3) is 0 Å². The van der Waals surface area contributed by atoms with Crippen LogP contribution in [0.15, 0.2) is 16.6 Å². The van der Waals surface area contributed by atoms with Gasteiger partial charge in [0, 0.05) is 18.3 Å². The number of benzene rings is 1. The van der Waals surface area contributed by atoms with Gasteiger partial charge in [0.15, 0.2) is 11.5 Å². The van der Waals surface area contributed by atoms with Crippen LogP contribution in [0, 0.1) is 0 Å². The molecule has 0 bridgehead atoms. The summed E-state index contributed by atoms with van der Waals surface area (Å²) in [5.41, 5.74) is 1.17. The van der Waals surface area contributed by atoms with Crippen LogP contribution in [0.5, 0.6) is 11.5 Å². The Balaban J connectivity index is 2.69. The average molecular weight is 334 g/mol. The van der Waals surface area contributed by atoms with Crippen molar-refractivity contribution in [3.8, 4) is 11.5 Å². The molecule has 102 valence electrons. The molecule has 5 heteroatoms. The summed E-state index contributed by atoms with van der Waals surface area (Å²) in [5.74, 6) is 1.49. The van der Waals surface area contributed by atoms with E-state index in [4.69, 9.17) is 9.47 Å². The lowest BCUT2D eigenvalue weighted by Crippen LogP contribution is -2.22. The maximum atomic E-state index is 5.32. The summed E-state index contributed by atoms with van der Waals surface area (Å²) in [6.45, 7) is 4.03. The third-order valence-electron chi connectivity index (χ3n) is 2.66. The zero-order valence-corrected chi connectivity index (χ0v) is 13.7. The second-order valence-corrected chi connectivity index (χ2v) is 6.12. The van der Waals surface area contributed by atoms with Crippen molar-refractivity contribution in [2.45, 2.75) is 18.7 Å². The fourth-order valence-corrected chi connectivity index (χ4v) is 2.51. The molecular weight excluding hydrogens is 314 g/mol. The molecule has 1 rings (SSSR count). The minimum atomic E-state index is 0.619. The quantitative estimate of drug-likeness (QED) is 0.829. The van der Waals surface area contributed by atoms with Crippen molar-refractivity contribution in [1.82, 2.24) is 5.32 Å². The van der Waals surface area contributed by atoms with E-state index in [0.717, 1.165) is 29.1 Å². The van der Waals surface area contributed by atoms with Gasteiger partial charge in [-0.25, -0.2) is 0 Å². The van der Waals surface area contributed by atoms with E-state index in [1.165, 1.54) is 5.56 Å². The number of nitrogens with one attached hydrogen (secondary N) is 1. The van der Waals surface area contributed by atoms with Crippen LogP contribution in [0.4, 0.5) is 0 Å². The first-order valence-corrected chi connectivity index (χ1v) is 7.84. The van der Waals surface area contributed by atoms with E-state index in [-0.39, 0.29) is 0 Å². The van der Waals surface area contributed by atoms with Crippen molar-refractivity contribution >= 4 is 27.7 Å². The number of methoxy groups -OCH3 is 2. The fourth-order valence-electron chi connectivity index (χ4n) is 1.58. The molecule has 0 saturated carbocycles. The minimum absolute atomic E-state index is 0.619. The van der Waals surface area contributed by atoms with E-state index >= 15 is 0 Å². The van der Waals surface area contributed by atoms with Gasteiger partial charge in [0.05, 0.1) is 18.7 Å². The number of hydrogen-bond acceptors (Lipinski definition) is 4. The molecule has 0 aliphatic carbocycles. The van der Waals surface area contributed by atoms with E-state index in [0.29, 0.717) is 5.25 Å². The predicted octanol–water partition coefficient (Wildman–Crippen LogP) is 3.31. The topological polar surface area (TPSA) is 30.5 Å². The molecule has 18 heavy (non-hydrogen) atoms. The summed E-state index contributed by atoms with van der Waals surface area (Å²) in [7, 11) is 3.29. The molecule has 0 fully saturated rings. The Morgan fingerprint density at radius 1 is 1.33 bits per heavy atom. The third kappa shape index (κ3) is 4.37. The SMILES string of the molecule is COc1cc(CNCC(C)SC)cc(Br)c1OC. The Morgan fingerprint density at radius 3 is 2.61 bits per heavy atom. The van der Waals surface area contributed by atoms with Crippen molar-refractivity contribution in [3.63, 3.8) is 0 Å². The van der Waals surface area contributed by atoms with Gasteiger partial charge in [-0.3, -0.25) is 0 Å². The van der Waals surface area contributed by atoms with Gasteiger partial charge < -0.3 is 14.8 Å². The molecule has 0 aromatic heterocycles. The highest BCUT2D eigenvalue weighted by Crippen LogP contribution is 2.36. The van der Waals surface area contributed by atoms with Crippen LogP contribution < -0.4 is 14.8 Å². The van der Waals surface area contributed by atoms with Gasteiger partial charge in [-0.05, 0) is 39.9 Å². The van der Waals surface area contributed by atoms with Gasteiger partial charge in [-0.2, -0.15) is 11.8 Å². The van der Waals surface area contributed by atoms with Crippen LogP contribution in [0.2, 0.25) is 0 Å². The monoisotopic (exact) mass is 333 g/mol. The summed E-state index contributed by atoms with van der Waals surface area (Å²) < 4.78 is 11.5. The van der Waals surface area contributed by atoms with E-state index < -0.39 is 0 Å². The predicted molar refractivity (Wildman–Crippen MR) is 81.9 cm³/mol. The molecule has 0 aliphatic rings. The molecule has 1 aromatic rings. The molecule has 1 unspecified atom stereocenters. The zero-order chi connectivity index (χ0) is 13.5. The van der Waals surface area contributed by atoms with Gasteiger partial charge in [-0.1, -0.05) is 6.92 Å². The number of hydrogen-bond donors (Lipinski definition) is 1. The van der Waals surface area contributed by atoms with Crippen molar-refractivity contribution in [2.24, 2.45) is 0 Å². The Labute approximate surface area is 122 Å². The molecule has 0 heterocycles. The third-order valence-corrected chi connectivity index (χ3v) is 4.22. The molecule has 3 nitrogen and oxygen atoms in total. The second kappa shape index (κ2) is 7.92. The van der Waals surface area contributed by atoms with Crippen molar-refractivity contribution in [1.29, 1.82) is 0 Å². The molecule has 0 saturated heterocycles. The molecular formula is C13H20BrNO2S. The molecule has 1 N–H and O–H groups in total. The van der Waals surface area contributed by atoms with Crippen molar-refractivity contribution in [3.05, 3.63) is 22.2 Å². The van der Waals surface area contributed by atoms with Crippen LogP contribution in [-0.2, 0) is 6.54 Å². The number of halogens is 1. The molecule has 0 aliphatic heterocycles. The van der Waals surface area contributed by atoms with E-state index in [1.807, 2.05) is 17.8 Å². The Morgan fingerprint density at radius 2 is 2.06 bits per heavy atom. The second-order valence-electron chi connectivity index (χ2n) is 3.99. The average Bonchev–Trinajstić information content (AvgIpc) is 2.37. The molecule has 1 atom stereocenters. The van der Waals surface area contributed by atoms with Crippen LogP contribution in [-0.4, -0.2) is 32.3 Å². The van der Waals surface area contributed by atoms with Crippen molar-refractivity contribution < 1.29 is 9.47 Å². The lowest BCUT2D eigenvalue weighted by molar-refractivity contribution is 0.352. The lowest BCUT2D eigenvalue weighted by atomic mass is 10.2. The standard InChI is InChI=1S/C13H20BrNO2S/c1-9(18-4)7-15-8-10-5-11(14)13(17-3)12(6-10)16-2/h5-6,9,15H,7-8H2,1-4H3. The largest absolute Gasteiger partial charge is 0.493 e. The number of rotatable bonds is 7. The summed E-state index contributed by atoms with van der Waals surface area (Å²) in [6.07, 6.45) is 2.12. The molecule has 0 amide bonds. The fraction of sp³-hybridized carbons (Fsp3) is 0.538. The van der Waals surface area contributed by atoms with Gasteiger partial charge in [0.2, 0.25) is 0 Å². The summed E-state index contributed by atoms with van der Waals surface area (Å²) in [5, 5.41) is 4.05. The van der Waals surface area contributed by atoms with E-state index in [9.17, 15) is 0 Å². The van der Waals surface area contributed by atoms with Gasteiger partial charge in [-0.15, -0.1) is 0 Å². The molecule has 0 spiro atoms. The maximum absolute atomic E-state index is 5.32. The lowest BCUT2D eigenvalue weighted by Gasteiger charge is -2.13. The Hall–Kier alpha value is -0.390. The number of ether oxygens (including phenoxy) is 2. The summed E-state index contributed by atoms with van der Waals surface area (Å²) in [6, 6.07) is 4.05. The minimum Gasteiger partial charge on any atom is -0.493 e. The van der Waals surface area contributed by atoms with Gasteiger partial charge >= 0.3 is 0 Å². The van der Waals surface area contributed by atoms with E-state index in [2.05, 4.69) is 40.5 Å². The van der Waals surface area contributed by atoms with Crippen LogP contribution >= 0.6 is 27.7 Å². The molecule has 0 radical (unpaired) electrons. The van der Waals surface area contributed by atoms with Crippen molar-refractivity contribution in [2.75, 3.05) is 27.0 Å². The first-order chi connectivity index (χ1) is 8.62. The van der Waals surface area contributed by atoms with Crippen LogP contribution in [0.1, 0.15) is 12.5 Å². The summed E-state index contributed by atoms with van der Waals surface area (Å²) >= 11 is 5.36. The van der Waals surface area contributed by atoms with Gasteiger partial charge in [0.25, 0.3) is 0 Å². The first-order valence-electron chi connectivity index (χ1n) is 5.76. The first kappa shape index (κ1) is 15.7. The highest BCUT2D eigenvalue weighted by molar-refractivity contribution is 9.10. The maximum Gasteiger partial charge on any atom is 0.174 e. The Bertz CT molecular complexity index is 387.